The Morgan fingerprint density at radius 2 is 1.73 bits per heavy atom. The minimum Gasteiger partial charge on any atom is -0.283 e. The van der Waals surface area contributed by atoms with E-state index in [-0.39, 0.29) is 0 Å². The van der Waals surface area contributed by atoms with E-state index < -0.39 is 0 Å². The van der Waals surface area contributed by atoms with Crippen LogP contribution < -0.4 is 0 Å². The number of aliphatic imine (C=N–C) groups is 1. The average Bonchev–Trinajstić information content (AvgIpc) is 1.98. The van der Waals surface area contributed by atoms with E-state index in [2.05, 4.69) is 32.7 Å². The minimum absolute atomic E-state index is 0.461. The monoisotopic (exact) mass is 173 g/mol. The van der Waals surface area contributed by atoms with E-state index in [1.165, 1.54) is 0 Å². The Morgan fingerprint density at radius 1 is 1.18 bits per heavy atom. The molecule has 0 spiro atoms. The van der Waals surface area contributed by atoms with Gasteiger partial charge in [0.05, 0.1) is 11.6 Å². The number of hydrogen-bond acceptors (Lipinski definition) is 2. The standard InChI is InChI=1S/C9H19NS/c1-7(2)8(3)9(4)10-6-11-5/h6-9H,1-5H3/b10-6-/t8-,9?/m1/s1. The van der Waals surface area contributed by atoms with Crippen molar-refractivity contribution in [3.8, 4) is 0 Å². The molecule has 66 valence electrons. The SMILES string of the molecule is CS/C=N\C(C)[C@H](C)C(C)C. The van der Waals surface area contributed by atoms with E-state index in [1.54, 1.807) is 11.8 Å². The van der Waals surface area contributed by atoms with Crippen LogP contribution in [0.2, 0.25) is 0 Å². The first-order chi connectivity index (χ1) is 5.09. The van der Waals surface area contributed by atoms with Crippen LogP contribution in [0.1, 0.15) is 27.7 Å². The molecule has 0 fully saturated rings. The van der Waals surface area contributed by atoms with Gasteiger partial charge in [0.15, 0.2) is 0 Å². The van der Waals surface area contributed by atoms with Gasteiger partial charge < -0.3 is 0 Å². The Labute approximate surface area is 74.7 Å². The minimum atomic E-state index is 0.461. The third-order valence-corrected chi connectivity index (χ3v) is 2.55. The predicted molar refractivity (Wildman–Crippen MR) is 55.5 cm³/mol. The molecule has 0 heterocycles. The molecule has 2 heteroatoms. The smallest absolute Gasteiger partial charge is 0.0541 e. The summed E-state index contributed by atoms with van der Waals surface area (Å²) in [7, 11) is 0. The highest BCUT2D eigenvalue weighted by Gasteiger charge is 2.13. The van der Waals surface area contributed by atoms with Crippen molar-refractivity contribution in [2.45, 2.75) is 33.7 Å². The number of hydrogen-bond donors (Lipinski definition) is 0. The normalized spacial score (nSPS) is 17.6. The largest absolute Gasteiger partial charge is 0.283 e. The van der Waals surface area contributed by atoms with Crippen LogP contribution in [0.3, 0.4) is 0 Å². The lowest BCUT2D eigenvalue weighted by atomic mass is 9.92. The van der Waals surface area contributed by atoms with Gasteiger partial charge in [-0.25, -0.2) is 0 Å². The van der Waals surface area contributed by atoms with Crippen LogP contribution in [0.5, 0.6) is 0 Å². The first kappa shape index (κ1) is 11.0. The molecule has 0 aromatic heterocycles. The van der Waals surface area contributed by atoms with Crippen LogP contribution in [0, 0.1) is 11.8 Å². The summed E-state index contributed by atoms with van der Waals surface area (Å²) < 4.78 is 0. The summed E-state index contributed by atoms with van der Waals surface area (Å²) in [4.78, 5) is 4.40. The Bertz CT molecular complexity index is 121. The molecule has 2 atom stereocenters. The van der Waals surface area contributed by atoms with Gasteiger partial charge in [-0.3, -0.25) is 4.99 Å². The summed E-state index contributed by atoms with van der Waals surface area (Å²) in [5.74, 6) is 1.41. The van der Waals surface area contributed by atoms with Crippen molar-refractivity contribution in [3.05, 3.63) is 0 Å². The first-order valence-corrected chi connectivity index (χ1v) is 5.42. The van der Waals surface area contributed by atoms with Crippen LogP contribution in [0.25, 0.3) is 0 Å². The second-order valence-corrected chi connectivity index (χ2v) is 4.02. The van der Waals surface area contributed by atoms with Crippen molar-refractivity contribution in [1.82, 2.24) is 0 Å². The van der Waals surface area contributed by atoms with Crippen LogP contribution in [0.4, 0.5) is 0 Å². The highest BCUT2D eigenvalue weighted by molar-refractivity contribution is 8.11. The quantitative estimate of drug-likeness (QED) is 0.470. The Hall–Kier alpha value is 0.0200. The van der Waals surface area contributed by atoms with Crippen molar-refractivity contribution in [2.75, 3.05) is 6.26 Å². The Kier molecular flexibility index (Phi) is 5.65. The van der Waals surface area contributed by atoms with E-state index in [0.717, 1.165) is 5.92 Å². The molecule has 0 saturated carbocycles. The van der Waals surface area contributed by atoms with Gasteiger partial charge in [0.25, 0.3) is 0 Å². The van der Waals surface area contributed by atoms with E-state index in [0.29, 0.717) is 12.0 Å². The zero-order chi connectivity index (χ0) is 8.85. The molecular weight excluding hydrogens is 154 g/mol. The van der Waals surface area contributed by atoms with Crippen LogP contribution >= 0.6 is 11.8 Å². The fourth-order valence-corrected chi connectivity index (χ4v) is 1.16. The van der Waals surface area contributed by atoms with E-state index in [9.17, 15) is 0 Å². The van der Waals surface area contributed by atoms with Crippen molar-refractivity contribution >= 4 is 17.3 Å². The zero-order valence-electron chi connectivity index (χ0n) is 8.16. The fraction of sp³-hybridized carbons (Fsp3) is 0.889. The highest BCUT2D eigenvalue weighted by atomic mass is 32.2. The van der Waals surface area contributed by atoms with Gasteiger partial charge in [0, 0.05) is 0 Å². The van der Waals surface area contributed by atoms with Crippen molar-refractivity contribution in [3.63, 3.8) is 0 Å². The molecule has 0 rings (SSSR count). The average molecular weight is 173 g/mol. The third-order valence-electron chi connectivity index (χ3n) is 2.21. The van der Waals surface area contributed by atoms with Crippen molar-refractivity contribution in [2.24, 2.45) is 16.8 Å². The maximum Gasteiger partial charge on any atom is 0.0541 e. The lowest BCUT2D eigenvalue weighted by Gasteiger charge is -2.19. The molecule has 0 saturated heterocycles. The maximum atomic E-state index is 4.40. The number of nitrogens with zero attached hydrogens (tertiary/aromatic N) is 1. The first-order valence-electron chi connectivity index (χ1n) is 4.14. The molecule has 0 amide bonds. The summed E-state index contributed by atoms with van der Waals surface area (Å²) in [6, 6.07) is 0.461. The summed E-state index contributed by atoms with van der Waals surface area (Å²) in [6.07, 6.45) is 2.04. The van der Waals surface area contributed by atoms with Crippen LogP contribution in [0.15, 0.2) is 4.99 Å². The molecular formula is C9H19NS. The topological polar surface area (TPSA) is 12.4 Å². The van der Waals surface area contributed by atoms with Gasteiger partial charge in [-0.15, -0.1) is 11.8 Å². The molecule has 0 aliphatic heterocycles. The molecule has 1 nitrogen and oxygen atoms in total. The summed E-state index contributed by atoms with van der Waals surface area (Å²) in [5.41, 5.74) is 1.93. The van der Waals surface area contributed by atoms with Crippen molar-refractivity contribution in [1.29, 1.82) is 0 Å². The van der Waals surface area contributed by atoms with Gasteiger partial charge in [-0.2, -0.15) is 0 Å². The summed E-state index contributed by atoms with van der Waals surface area (Å²) in [5, 5.41) is 0. The number of thioether (sulfide) groups is 1. The molecule has 1 unspecified atom stereocenters. The molecule has 0 aliphatic carbocycles. The summed E-state index contributed by atoms with van der Waals surface area (Å²) >= 11 is 1.67. The molecule has 0 aromatic rings. The van der Waals surface area contributed by atoms with Gasteiger partial charge in [-0.1, -0.05) is 20.8 Å². The van der Waals surface area contributed by atoms with Gasteiger partial charge in [0.2, 0.25) is 0 Å². The molecule has 0 radical (unpaired) electrons. The molecule has 0 N–H and O–H groups in total. The van der Waals surface area contributed by atoms with Crippen LogP contribution in [-0.4, -0.2) is 17.8 Å². The maximum absolute atomic E-state index is 4.40. The van der Waals surface area contributed by atoms with Crippen LogP contribution in [-0.2, 0) is 0 Å². The van der Waals surface area contributed by atoms with Crippen molar-refractivity contribution < 1.29 is 0 Å². The lowest BCUT2D eigenvalue weighted by molar-refractivity contribution is 0.365. The predicted octanol–water partition coefficient (Wildman–Crippen LogP) is 3.06. The third kappa shape index (κ3) is 4.46. The lowest BCUT2D eigenvalue weighted by Crippen LogP contribution is -2.17. The molecule has 11 heavy (non-hydrogen) atoms. The summed E-state index contributed by atoms with van der Waals surface area (Å²) in [6.45, 7) is 8.93. The molecule has 0 bridgehead atoms. The van der Waals surface area contributed by atoms with Gasteiger partial charge >= 0.3 is 0 Å². The molecule has 0 aliphatic rings. The zero-order valence-corrected chi connectivity index (χ0v) is 8.98. The number of rotatable bonds is 4. The van der Waals surface area contributed by atoms with E-state index in [4.69, 9.17) is 0 Å². The van der Waals surface area contributed by atoms with Gasteiger partial charge in [-0.05, 0) is 25.0 Å². The van der Waals surface area contributed by atoms with E-state index >= 15 is 0 Å². The van der Waals surface area contributed by atoms with E-state index in [1.807, 2.05) is 11.8 Å². The highest BCUT2D eigenvalue weighted by Crippen LogP contribution is 2.16. The Balaban J connectivity index is 3.81. The second-order valence-electron chi connectivity index (χ2n) is 3.33. The molecule has 0 aromatic carbocycles. The second kappa shape index (κ2) is 5.64. The Morgan fingerprint density at radius 3 is 2.09 bits per heavy atom. The fourth-order valence-electron chi connectivity index (χ4n) is 0.850. The van der Waals surface area contributed by atoms with Gasteiger partial charge in [0.1, 0.15) is 0 Å².